The quantitative estimate of drug-likeness (QED) is 0.912. The summed E-state index contributed by atoms with van der Waals surface area (Å²) in [4.78, 5) is 2.12. The summed E-state index contributed by atoms with van der Waals surface area (Å²) in [6, 6.07) is 3.80. The van der Waals surface area contributed by atoms with Crippen LogP contribution < -0.4 is 0 Å². The van der Waals surface area contributed by atoms with Gasteiger partial charge in [-0.15, -0.1) is 0 Å². The van der Waals surface area contributed by atoms with Gasteiger partial charge in [0.15, 0.2) is 5.60 Å². The molecular formula is C17H21F3N2O. The zero-order valence-corrected chi connectivity index (χ0v) is 13.8. The third kappa shape index (κ3) is 2.27. The van der Waals surface area contributed by atoms with Gasteiger partial charge >= 0.3 is 6.18 Å². The average Bonchev–Trinajstić information content (AvgIpc) is 2.89. The zero-order valence-electron chi connectivity index (χ0n) is 13.8. The molecule has 1 aliphatic rings. The Labute approximate surface area is 133 Å². The van der Waals surface area contributed by atoms with Crippen molar-refractivity contribution in [2.75, 3.05) is 7.05 Å². The first kappa shape index (κ1) is 16.3. The van der Waals surface area contributed by atoms with E-state index in [1.54, 1.807) is 6.92 Å². The van der Waals surface area contributed by atoms with Gasteiger partial charge in [0, 0.05) is 41.8 Å². The molecule has 1 unspecified atom stereocenters. The van der Waals surface area contributed by atoms with E-state index in [1.165, 1.54) is 0 Å². The van der Waals surface area contributed by atoms with Crippen LogP contribution in [0.3, 0.4) is 0 Å². The molecule has 1 aliphatic heterocycles. The summed E-state index contributed by atoms with van der Waals surface area (Å²) < 4.78 is 42.1. The molecule has 23 heavy (non-hydrogen) atoms. The van der Waals surface area contributed by atoms with Crippen molar-refractivity contribution >= 4 is 10.9 Å². The molecule has 0 amide bonds. The molecule has 0 bridgehead atoms. The standard InChI is InChI=1S/C17H21F3N2O/c1-5-22-10(2)15(16(3,23)17(18,19)20)13-6-11-8-21(4)9-12(11)7-14(13)22/h6-7,23H,5,8-9H2,1-4H3. The summed E-state index contributed by atoms with van der Waals surface area (Å²) >= 11 is 0. The number of aliphatic hydroxyl groups is 1. The van der Waals surface area contributed by atoms with Crippen LogP contribution >= 0.6 is 0 Å². The number of benzene rings is 1. The first-order valence-electron chi connectivity index (χ1n) is 7.70. The Morgan fingerprint density at radius 1 is 1.17 bits per heavy atom. The lowest BCUT2D eigenvalue weighted by molar-refractivity contribution is -0.258. The number of fused-ring (bicyclic) bond motifs is 2. The number of halogens is 3. The second kappa shape index (κ2) is 4.98. The molecule has 0 spiro atoms. The van der Waals surface area contributed by atoms with Gasteiger partial charge in [-0.25, -0.2) is 0 Å². The molecule has 2 aromatic rings. The van der Waals surface area contributed by atoms with Gasteiger partial charge in [-0.05, 0) is 51.1 Å². The fourth-order valence-electron chi connectivity index (χ4n) is 3.71. The summed E-state index contributed by atoms with van der Waals surface area (Å²) in [6.45, 7) is 6.46. The van der Waals surface area contributed by atoms with Crippen LogP contribution in [0.2, 0.25) is 0 Å². The molecule has 0 saturated heterocycles. The van der Waals surface area contributed by atoms with Crippen molar-refractivity contribution < 1.29 is 18.3 Å². The van der Waals surface area contributed by atoms with E-state index in [-0.39, 0.29) is 5.56 Å². The van der Waals surface area contributed by atoms with Gasteiger partial charge in [0.1, 0.15) is 0 Å². The number of alkyl halides is 3. The van der Waals surface area contributed by atoms with Gasteiger partial charge in [0.05, 0.1) is 0 Å². The third-order valence-corrected chi connectivity index (χ3v) is 4.88. The highest BCUT2D eigenvalue weighted by Crippen LogP contribution is 2.45. The summed E-state index contributed by atoms with van der Waals surface area (Å²) in [5, 5.41) is 10.8. The highest BCUT2D eigenvalue weighted by molar-refractivity contribution is 5.88. The molecular weight excluding hydrogens is 305 g/mol. The molecule has 3 rings (SSSR count). The van der Waals surface area contributed by atoms with Crippen molar-refractivity contribution in [1.29, 1.82) is 0 Å². The van der Waals surface area contributed by atoms with E-state index in [1.807, 2.05) is 30.7 Å². The number of aromatic nitrogens is 1. The van der Waals surface area contributed by atoms with Crippen LogP contribution in [0.4, 0.5) is 13.2 Å². The van der Waals surface area contributed by atoms with Crippen molar-refractivity contribution in [3.8, 4) is 0 Å². The second-order valence-corrected chi connectivity index (χ2v) is 6.58. The predicted octanol–water partition coefficient (Wildman–Crippen LogP) is 3.68. The van der Waals surface area contributed by atoms with Crippen LogP contribution in [0.1, 0.15) is 36.2 Å². The number of rotatable bonds is 2. The van der Waals surface area contributed by atoms with Crippen molar-refractivity contribution in [1.82, 2.24) is 9.47 Å². The van der Waals surface area contributed by atoms with Crippen molar-refractivity contribution in [3.05, 3.63) is 34.5 Å². The fourth-order valence-corrected chi connectivity index (χ4v) is 3.71. The Balaban J connectivity index is 2.35. The van der Waals surface area contributed by atoms with Crippen LogP contribution in [0.5, 0.6) is 0 Å². The molecule has 0 aliphatic carbocycles. The van der Waals surface area contributed by atoms with E-state index in [2.05, 4.69) is 4.90 Å². The van der Waals surface area contributed by atoms with E-state index in [0.29, 0.717) is 17.6 Å². The van der Waals surface area contributed by atoms with Gasteiger partial charge in [0.25, 0.3) is 0 Å². The minimum absolute atomic E-state index is 0.0285. The summed E-state index contributed by atoms with van der Waals surface area (Å²) in [6.07, 6.45) is -4.72. The van der Waals surface area contributed by atoms with E-state index < -0.39 is 11.8 Å². The molecule has 2 heterocycles. The lowest BCUT2D eigenvalue weighted by Crippen LogP contribution is -2.39. The SMILES string of the molecule is CCn1c(C)c(C(C)(O)C(F)(F)F)c2cc3c(cc21)CN(C)C3. The molecule has 1 aromatic heterocycles. The number of aryl methyl sites for hydroxylation is 1. The lowest BCUT2D eigenvalue weighted by Gasteiger charge is -2.27. The Hall–Kier alpha value is -1.53. The van der Waals surface area contributed by atoms with Crippen LogP contribution in [-0.4, -0.2) is 27.8 Å². The Kier molecular flexibility index (Phi) is 3.54. The maximum Gasteiger partial charge on any atom is 0.421 e. The topological polar surface area (TPSA) is 28.4 Å². The predicted molar refractivity (Wildman–Crippen MR) is 83.1 cm³/mol. The molecule has 1 N–H and O–H groups in total. The summed E-state index contributed by atoms with van der Waals surface area (Å²) in [5.41, 5.74) is 0.520. The second-order valence-electron chi connectivity index (χ2n) is 6.58. The fraction of sp³-hybridized carbons (Fsp3) is 0.529. The van der Waals surface area contributed by atoms with Crippen LogP contribution in [0.15, 0.2) is 12.1 Å². The monoisotopic (exact) mass is 326 g/mol. The molecule has 1 atom stereocenters. The first-order valence-corrected chi connectivity index (χ1v) is 7.70. The highest BCUT2D eigenvalue weighted by Gasteiger charge is 2.53. The molecule has 0 radical (unpaired) electrons. The van der Waals surface area contributed by atoms with Crippen LogP contribution in [0.25, 0.3) is 10.9 Å². The molecule has 0 fully saturated rings. The number of nitrogens with zero attached hydrogens (tertiary/aromatic N) is 2. The lowest BCUT2D eigenvalue weighted by atomic mass is 9.91. The molecule has 1 aromatic carbocycles. The van der Waals surface area contributed by atoms with Crippen LogP contribution in [0, 0.1) is 6.92 Å². The molecule has 0 saturated carbocycles. The van der Waals surface area contributed by atoms with Gasteiger partial charge in [-0.2, -0.15) is 13.2 Å². The number of hydrogen-bond acceptors (Lipinski definition) is 2. The van der Waals surface area contributed by atoms with Gasteiger partial charge < -0.3 is 9.67 Å². The summed E-state index contributed by atoms with van der Waals surface area (Å²) in [5.74, 6) is 0. The third-order valence-electron chi connectivity index (χ3n) is 4.88. The maximum atomic E-state index is 13.4. The van der Waals surface area contributed by atoms with Gasteiger partial charge in [-0.3, -0.25) is 4.90 Å². The van der Waals surface area contributed by atoms with Gasteiger partial charge in [0.2, 0.25) is 0 Å². The minimum atomic E-state index is -4.72. The number of hydrogen-bond donors (Lipinski definition) is 1. The van der Waals surface area contributed by atoms with Crippen molar-refractivity contribution in [3.63, 3.8) is 0 Å². The molecule has 126 valence electrons. The molecule has 6 heteroatoms. The Bertz CT molecular complexity index is 774. The first-order chi connectivity index (χ1) is 10.6. The van der Waals surface area contributed by atoms with Crippen molar-refractivity contribution in [2.24, 2.45) is 0 Å². The Morgan fingerprint density at radius 2 is 1.74 bits per heavy atom. The van der Waals surface area contributed by atoms with Gasteiger partial charge in [-0.1, -0.05) is 0 Å². The maximum absolute atomic E-state index is 13.4. The van der Waals surface area contributed by atoms with Crippen LogP contribution in [-0.2, 0) is 25.2 Å². The van der Waals surface area contributed by atoms with E-state index >= 15 is 0 Å². The molecule has 3 nitrogen and oxygen atoms in total. The Morgan fingerprint density at radius 3 is 2.26 bits per heavy atom. The van der Waals surface area contributed by atoms with E-state index in [9.17, 15) is 18.3 Å². The van der Waals surface area contributed by atoms with E-state index in [0.717, 1.165) is 36.7 Å². The highest BCUT2D eigenvalue weighted by atomic mass is 19.4. The summed E-state index contributed by atoms with van der Waals surface area (Å²) in [7, 11) is 1.98. The smallest absolute Gasteiger partial charge is 0.376 e. The van der Waals surface area contributed by atoms with Crippen molar-refractivity contribution in [2.45, 2.75) is 52.2 Å². The van der Waals surface area contributed by atoms with E-state index in [4.69, 9.17) is 0 Å². The minimum Gasteiger partial charge on any atom is -0.376 e. The average molecular weight is 326 g/mol. The normalized spacial score (nSPS) is 18.4. The zero-order chi connectivity index (χ0) is 17.2. The largest absolute Gasteiger partial charge is 0.421 e.